The molecule has 1 aliphatic carbocycles. The zero-order valence-corrected chi connectivity index (χ0v) is 18.8. The molecule has 2 rings (SSSR count). The van der Waals surface area contributed by atoms with Gasteiger partial charge in [0.15, 0.2) is 6.10 Å². The Balaban J connectivity index is 1.88. The zero-order valence-electron chi connectivity index (χ0n) is 17.3. The number of benzene rings is 1. The largest absolute Gasteiger partial charge is 0.479 e. The van der Waals surface area contributed by atoms with E-state index in [0.29, 0.717) is 29.4 Å². The highest BCUT2D eigenvalue weighted by Crippen LogP contribution is 2.26. The first-order chi connectivity index (χ1) is 14.1. The number of nitrogens with one attached hydrogen (secondary N) is 1. The van der Waals surface area contributed by atoms with E-state index in [4.69, 9.17) is 37.8 Å². The van der Waals surface area contributed by atoms with Crippen LogP contribution in [0.1, 0.15) is 32.3 Å². The number of rotatable bonds is 10. The summed E-state index contributed by atoms with van der Waals surface area (Å²) in [6.45, 7) is 3.77. The van der Waals surface area contributed by atoms with Gasteiger partial charge >= 0.3 is 5.97 Å². The fraction of sp³-hybridized carbons (Fsp3) is 0.455. The average molecular weight is 456 g/mol. The Hall–Kier alpha value is -1.86. The highest BCUT2D eigenvalue weighted by Gasteiger charge is 2.32. The molecule has 1 aromatic carbocycles. The van der Waals surface area contributed by atoms with E-state index < -0.39 is 17.7 Å². The first-order valence-electron chi connectivity index (χ1n) is 9.65. The molecule has 1 amide bonds. The Morgan fingerprint density at radius 2 is 1.97 bits per heavy atom. The molecule has 0 fully saturated rings. The summed E-state index contributed by atoms with van der Waals surface area (Å²) < 4.78 is 11.0. The summed E-state index contributed by atoms with van der Waals surface area (Å²) in [5.41, 5.74) is 0.604. The number of halogens is 2. The summed E-state index contributed by atoms with van der Waals surface area (Å²) in [6, 6.07) is 5.29. The molecule has 0 saturated carbocycles. The van der Waals surface area contributed by atoms with Crippen LogP contribution in [0.2, 0.25) is 10.0 Å². The quantitative estimate of drug-likeness (QED) is 0.552. The Kier molecular flexibility index (Phi) is 8.92. The van der Waals surface area contributed by atoms with Gasteiger partial charge in [-0.15, -0.1) is 0 Å². The first kappa shape index (κ1) is 24.4. The Morgan fingerprint density at radius 3 is 2.57 bits per heavy atom. The van der Waals surface area contributed by atoms with Crippen LogP contribution < -0.4 is 5.32 Å². The van der Waals surface area contributed by atoms with Gasteiger partial charge < -0.3 is 19.9 Å². The SMILES string of the molecule is CO[C@@H](CC1=CC=CC(OC(C)(C)C(=O)NCCc2c(Cl)cccc2Cl)C1)C(=O)O. The molecule has 0 aromatic heterocycles. The number of carbonyl (C=O) groups is 2. The summed E-state index contributed by atoms with van der Waals surface area (Å²) >= 11 is 12.3. The van der Waals surface area contributed by atoms with Crippen LogP contribution in [0, 0.1) is 0 Å². The molecule has 6 nitrogen and oxygen atoms in total. The lowest BCUT2D eigenvalue weighted by Gasteiger charge is -2.30. The fourth-order valence-electron chi connectivity index (χ4n) is 3.17. The lowest BCUT2D eigenvalue weighted by Crippen LogP contribution is -2.46. The molecule has 2 N–H and O–H groups in total. The van der Waals surface area contributed by atoms with E-state index in [9.17, 15) is 9.59 Å². The maximum atomic E-state index is 12.7. The van der Waals surface area contributed by atoms with Crippen molar-refractivity contribution >= 4 is 35.1 Å². The lowest BCUT2D eigenvalue weighted by molar-refractivity contribution is -0.148. The predicted molar refractivity (Wildman–Crippen MR) is 117 cm³/mol. The van der Waals surface area contributed by atoms with Gasteiger partial charge in [0.05, 0.1) is 6.10 Å². The molecule has 0 radical (unpaired) electrons. The van der Waals surface area contributed by atoms with Crippen LogP contribution in [0.25, 0.3) is 0 Å². The van der Waals surface area contributed by atoms with Gasteiger partial charge in [-0.1, -0.05) is 53.1 Å². The van der Waals surface area contributed by atoms with E-state index in [1.54, 1.807) is 32.0 Å². The normalized spacial score (nSPS) is 17.4. The molecular weight excluding hydrogens is 429 g/mol. The number of hydrogen-bond acceptors (Lipinski definition) is 4. The minimum absolute atomic E-state index is 0.254. The van der Waals surface area contributed by atoms with Crippen LogP contribution in [-0.4, -0.2) is 48.4 Å². The van der Waals surface area contributed by atoms with Gasteiger partial charge in [0.1, 0.15) is 5.60 Å². The fourth-order valence-corrected chi connectivity index (χ4v) is 3.76. The first-order valence-corrected chi connectivity index (χ1v) is 10.4. The number of amides is 1. The molecular formula is C22H27Cl2NO5. The van der Waals surface area contributed by atoms with Gasteiger partial charge in [0.25, 0.3) is 5.91 Å². The topological polar surface area (TPSA) is 84.9 Å². The standard InChI is InChI=1S/C22H27Cl2NO5/c1-22(2,21(28)25-11-10-16-17(23)8-5-9-18(16)24)30-15-7-4-6-14(12-15)13-19(29-3)20(26)27/h4-9,15,19H,10-13H2,1-3H3,(H,25,28)(H,26,27)/t15?,19-/m0/s1. The van der Waals surface area contributed by atoms with Crippen LogP contribution >= 0.6 is 23.2 Å². The van der Waals surface area contributed by atoms with Crippen molar-refractivity contribution in [2.75, 3.05) is 13.7 Å². The number of hydrogen-bond donors (Lipinski definition) is 2. The van der Waals surface area contributed by atoms with E-state index in [1.165, 1.54) is 7.11 Å². The third-order valence-corrected chi connectivity index (χ3v) is 5.55. The third-order valence-electron chi connectivity index (χ3n) is 4.84. The summed E-state index contributed by atoms with van der Waals surface area (Å²) in [5.74, 6) is -1.26. The van der Waals surface area contributed by atoms with Crippen LogP contribution in [-0.2, 0) is 25.5 Å². The second-order valence-electron chi connectivity index (χ2n) is 7.55. The summed E-state index contributed by atoms with van der Waals surface area (Å²) in [7, 11) is 1.37. The van der Waals surface area contributed by atoms with E-state index in [2.05, 4.69) is 5.32 Å². The third kappa shape index (κ3) is 6.84. The number of aliphatic carboxylic acids is 1. The molecule has 164 valence electrons. The number of carboxylic acid groups (broad SMARTS) is 1. The lowest BCUT2D eigenvalue weighted by atomic mass is 9.96. The van der Waals surface area contributed by atoms with E-state index in [1.807, 2.05) is 18.2 Å². The van der Waals surface area contributed by atoms with Crippen molar-refractivity contribution < 1.29 is 24.2 Å². The number of ether oxygens (including phenoxy) is 2. The van der Waals surface area contributed by atoms with Gasteiger partial charge in [-0.05, 0) is 44.4 Å². The van der Waals surface area contributed by atoms with Gasteiger partial charge in [0, 0.05) is 30.1 Å². The maximum Gasteiger partial charge on any atom is 0.333 e. The summed E-state index contributed by atoms with van der Waals surface area (Å²) in [4.78, 5) is 23.8. The molecule has 0 heterocycles. The highest BCUT2D eigenvalue weighted by atomic mass is 35.5. The Bertz CT molecular complexity index is 815. The summed E-state index contributed by atoms with van der Waals surface area (Å²) in [5, 5.41) is 13.2. The smallest absolute Gasteiger partial charge is 0.333 e. The maximum absolute atomic E-state index is 12.7. The number of carboxylic acids is 1. The van der Waals surface area contributed by atoms with Crippen LogP contribution in [0.5, 0.6) is 0 Å². The molecule has 1 aromatic rings. The van der Waals surface area contributed by atoms with Crippen molar-refractivity contribution in [2.24, 2.45) is 0 Å². The van der Waals surface area contributed by atoms with Gasteiger partial charge in [-0.25, -0.2) is 4.79 Å². The average Bonchev–Trinajstić information content (AvgIpc) is 2.68. The number of carbonyl (C=O) groups excluding carboxylic acids is 1. The summed E-state index contributed by atoms with van der Waals surface area (Å²) in [6.07, 6.45) is 5.54. The molecule has 0 saturated heterocycles. The van der Waals surface area contributed by atoms with E-state index in [0.717, 1.165) is 11.1 Å². The predicted octanol–water partition coefficient (Wildman–Crippen LogP) is 4.19. The molecule has 2 atom stereocenters. The molecule has 0 bridgehead atoms. The van der Waals surface area contributed by atoms with Crippen molar-refractivity contribution in [2.45, 2.75) is 50.9 Å². The molecule has 8 heteroatoms. The van der Waals surface area contributed by atoms with Crippen LogP contribution in [0.15, 0.2) is 42.0 Å². The van der Waals surface area contributed by atoms with Crippen molar-refractivity contribution in [3.05, 3.63) is 57.6 Å². The monoisotopic (exact) mass is 455 g/mol. The minimum Gasteiger partial charge on any atom is -0.479 e. The van der Waals surface area contributed by atoms with Gasteiger partial charge in [0.2, 0.25) is 0 Å². The Labute approximate surface area is 186 Å². The Morgan fingerprint density at radius 1 is 1.30 bits per heavy atom. The van der Waals surface area contributed by atoms with E-state index >= 15 is 0 Å². The second-order valence-corrected chi connectivity index (χ2v) is 8.37. The van der Waals surface area contributed by atoms with Crippen molar-refractivity contribution in [1.82, 2.24) is 5.32 Å². The van der Waals surface area contributed by atoms with E-state index in [-0.39, 0.29) is 18.4 Å². The van der Waals surface area contributed by atoms with Crippen molar-refractivity contribution in [3.8, 4) is 0 Å². The van der Waals surface area contributed by atoms with Gasteiger partial charge in [-0.3, -0.25) is 4.79 Å². The second kappa shape index (κ2) is 11.0. The molecule has 30 heavy (non-hydrogen) atoms. The molecule has 1 unspecified atom stereocenters. The molecule has 0 spiro atoms. The zero-order chi connectivity index (χ0) is 22.3. The number of allylic oxidation sites excluding steroid dienone is 2. The minimum atomic E-state index is -1.07. The van der Waals surface area contributed by atoms with Crippen molar-refractivity contribution in [3.63, 3.8) is 0 Å². The van der Waals surface area contributed by atoms with Crippen molar-refractivity contribution in [1.29, 1.82) is 0 Å². The number of methoxy groups -OCH3 is 1. The van der Waals surface area contributed by atoms with Gasteiger partial charge in [-0.2, -0.15) is 0 Å². The van der Waals surface area contributed by atoms with Crippen LogP contribution in [0.4, 0.5) is 0 Å². The highest BCUT2D eigenvalue weighted by molar-refractivity contribution is 6.36. The van der Waals surface area contributed by atoms with Crippen LogP contribution in [0.3, 0.4) is 0 Å². The molecule has 1 aliphatic rings. The molecule has 0 aliphatic heterocycles.